The Morgan fingerprint density at radius 2 is 1.69 bits per heavy atom. The van der Waals surface area contributed by atoms with Crippen LogP contribution in [0.15, 0.2) is 60.2 Å². The minimum absolute atomic E-state index is 0.0228. The van der Waals surface area contributed by atoms with Crippen molar-refractivity contribution in [2.45, 2.75) is 32.6 Å². The standard InChI is InChI=1S/C30H28N2O7/c1-15-8-7-11-19(24(15)33)23-17-12-13-18-22(27(36)32(25(18)34)29(38)39-3)20(17)14-21-26(35)31(28(37)30(21,23)2)16-9-5-4-6-10-16/h4-12,18,20-23,33H,13-14H2,1-3H3/t18-,20+,21-,22-,23+,30+/m0/s1. The molecule has 200 valence electrons. The number of carbonyl (C=O) groups excluding carboxylic acids is 5. The second-order valence-corrected chi connectivity index (χ2v) is 11.0. The molecule has 1 N–H and O–H groups in total. The van der Waals surface area contributed by atoms with Gasteiger partial charge in [0.25, 0.3) is 0 Å². The number of carbonyl (C=O) groups is 5. The number of hydrogen-bond acceptors (Lipinski definition) is 7. The van der Waals surface area contributed by atoms with Gasteiger partial charge in [-0.1, -0.05) is 48.0 Å². The number of anilines is 1. The van der Waals surface area contributed by atoms with E-state index in [0.717, 1.165) is 12.7 Å². The summed E-state index contributed by atoms with van der Waals surface area (Å²) in [5.74, 6) is -5.75. The smallest absolute Gasteiger partial charge is 0.423 e. The van der Waals surface area contributed by atoms with Gasteiger partial charge in [0.2, 0.25) is 23.6 Å². The summed E-state index contributed by atoms with van der Waals surface area (Å²) in [5.41, 5.74) is 1.05. The van der Waals surface area contributed by atoms with Crippen LogP contribution < -0.4 is 4.90 Å². The summed E-state index contributed by atoms with van der Waals surface area (Å²) < 4.78 is 4.71. The third kappa shape index (κ3) is 3.22. The summed E-state index contributed by atoms with van der Waals surface area (Å²) >= 11 is 0. The molecule has 9 heteroatoms. The molecule has 9 nitrogen and oxygen atoms in total. The van der Waals surface area contributed by atoms with Crippen molar-refractivity contribution in [3.05, 3.63) is 71.3 Å². The molecule has 2 saturated heterocycles. The number of aromatic hydroxyl groups is 1. The highest BCUT2D eigenvalue weighted by molar-refractivity contribution is 6.24. The Labute approximate surface area is 225 Å². The molecule has 0 bridgehead atoms. The largest absolute Gasteiger partial charge is 0.507 e. The van der Waals surface area contributed by atoms with Crippen LogP contribution in [0.5, 0.6) is 5.75 Å². The fraction of sp³-hybridized carbons (Fsp3) is 0.367. The lowest BCUT2D eigenvalue weighted by Crippen LogP contribution is -2.49. The average Bonchev–Trinajstić information content (AvgIpc) is 3.30. The molecule has 2 aliphatic heterocycles. The number of hydrogen-bond donors (Lipinski definition) is 1. The zero-order chi connectivity index (χ0) is 27.8. The SMILES string of the molecule is COC(=O)N1C(=O)[C@H]2[C@H](CC=C3[C@H]2C[C@H]2C(=O)N(c4ccccc4)C(=O)[C@@]2(C)[C@H]3c2cccc(C)c2O)C1=O. The first-order valence-electron chi connectivity index (χ1n) is 13.0. The van der Waals surface area contributed by atoms with Gasteiger partial charge in [-0.25, -0.2) is 9.69 Å². The van der Waals surface area contributed by atoms with Gasteiger partial charge in [0.05, 0.1) is 36.0 Å². The predicted octanol–water partition coefficient (Wildman–Crippen LogP) is 3.70. The van der Waals surface area contributed by atoms with Gasteiger partial charge in [-0.2, -0.15) is 4.90 Å². The van der Waals surface area contributed by atoms with E-state index in [1.807, 2.05) is 6.08 Å². The van der Waals surface area contributed by atoms with E-state index in [4.69, 9.17) is 4.74 Å². The zero-order valence-corrected chi connectivity index (χ0v) is 21.8. The van der Waals surface area contributed by atoms with Crippen LogP contribution in [-0.2, 0) is 23.9 Å². The molecule has 6 atom stereocenters. The average molecular weight is 529 g/mol. The van der Waals surface area contributed by atoms with Gasteiger partial charge < -0.3 is 9.84 Å². The maximum atomic E-state index is 14.3. The van der Waals surface area contributed by atoms with E-state index in [0.29, 0.717) is 21.7 Å². The third-order valence-corrected chi connectivity index (χ3v) is 9.23. The van der Waals surface area contributed by atoms with Crippen molar-refractivity contribution in [1.82, 2.24) is 4.90 Å². The molecule has 4 aliphatic rings. The molecule has 2 aliphatic carbocycles. The number of rotatable bonds is 2. The second-order valence-electron chi connectivity index (χ2n) is 11.0. The molecule has 1 saturated carbocycles. The summed E-state index contributed by atoms with van der Waals surface area (Å²) in [6.45, 7) is 3.52. The van der Waals surface area contributed by atoms with Crippen molar-refractivity contribution in [2.75, 3.05) is 12.0 Å². The van der Waals surface area contributed by atoms with Crippen molar-refractivity contribution < 1.29 is 33.8 Å². The van der Waals surface area contributed by atoms with Gasteiger partial charge in [-0.15, -0.1) is 0 Å². The van der Waals surface area contributed by atoms with E-state index in [1.165, 1.54) is 4.90 Å². The lowest BCUT2D eigenvalue weighted by atomic mass is 9.51. The monoisotopic (exact) mass is 528 g/mol. The zero-order valence-electron chi connectivity index (χ0n) is 21.8. The van der Waals surface area contributed by atoms with E-state index in [1.54, 1.807) is 62.4 Å². The number of phenols is 1. The van der Waals surface area contributed by atoms with Gasteiger partial charge in [0.1, 0.15) is 5.75 Å². The molecular weight excluding hydrogens is 500 g/mol. The minimum atomic E-state index is -1.25. The molecule has 6 rings (SSSR count). The molecule has 0 radical (unpaired) electrons. The highest BCUT2D eigenvalue weighted by Crippen LogP contribution is 2.64. The van der Waals surface area contributed by atoms with E-state index in [2.05, 4.69) is 0 Å². The highest BCUT2D eigenvalue weighted by atomic mass is 16.5. The Bertz CT molecular complexity index is 1480. The lowest BCUT2D eigenvalue weighted by molar-refractivity contribution is -0.138. The van der Waals surface area contributed by atoms with E-state index in [9.17, 15) is 29.1 Å². The molecule has 0 unspecified atom stereocenters. The highest BCUT2D eigenvalue weighted by Gasteiger charge is 2.68. The first-order valence-corrected chi connectivity index (χ1v) is 13.0. The normalized spacial score (nSPS) is 31.6. The van der Waals surface area contributed by atoms with Crippen LogP contribution in [0.4, 0.5) is 10.5 Å². The quantitative estimate of drug-likeness (QED) is 0.466. The maximum Gasteiger partial charge on any atom is 0.423 e. The molecule has 2 heterocycles. The number of fused-ring (bicyclic) bond motifs is 4. The summed E-state index contributed by atoms with van der Waals surface area (Å²) in [5, 5.41) is 11.2. The number of para-hydroxylation sites is 2. The van der Waals surface area contributed by atoms with Crippen LogP contribution in [-0.4, -0.2) is 46.8 Å². The number of amides is 5. The van der Waals surface area contributed by atoms with Crippen molar-refractivity contribution >= 4 is 35.4 Å². The number of nitrogens with zero attached hydrogens (tertiary/aromatic N) is 2. The van der Waals surface area contributed by atoms with E-state index >= 15 is 0 Å². The molecule has 2 aromatic rings. The van der Waals surface area contributed by atoms with Gasteiger partial charge in [-0.3, -0.25) is 19.2 Å². The van der Waals surface area contributed by atoms with E-state index in [-0.39, 0.29) is 30.4 Å². The topological polar surface area (TPSA) is 121 Å². The number of phenolic OH excluding ortho intramolecular Hbond substituents is 1. The predicted molar refractivity (Wildman–Crippen MR) is 138 cm³/mol. The Morgan fingerprint density at radius 1 is 0.974 bits per heavy atom. The summed E-state index contributed by atoms with van der Waals surface area (Å²) in [6, 6.07) is 14.0. The molecular formula is C30H28N2O7. The Kier molecular flexibility index (Phi) is 5.54. The molecule has 5 amide bonds. The number of allylic oxidation sites excluding steroid dienone is 2. The summed E-state index contributed by atoms with van der Waals surface area (Å²) in [4.78, 5) is 69.0. The lowest BCUT2D eigenvalue weighted by Gasteiger charge is -2.49. The minimum Gasteiger partial charge on any atom is -0.507 e. The Morgan fingerprint density at radius 3 is 2.38 bits per heavy atom. The Hall–Kier alpha value is -4.27. The molecule has 39 heavy (non-hydrogen) atoms. The fourth-order valence-electron chi connectivity index (χ4n) is 7.37. The number of methoxy groups -OCH3 is 1. The van der Waals surface area contributed by atoms with Crippen molar-refractivity contribution in [1.29, 1.82) is 0 Å². The molecule has 0 aromatic heterocycles. The fourth-order valence-corrected chi connectivity index (χ4v) is 7.37. The third-order valence-electron chi connectivity index (χ3n) is 9.23. The second kappa shape index (κ2) is 8.62. The van der Waals surface area contributed by atoms with Crippen molar-refractivity contribution in [2.24, 2.45) is 29.1 Å². The number of benzene rings is 2. The van der Waals surface area contributed by atoms with Crippen LogP contribution in [0, 0.1) is 36.0 Å². The molecule has 0 spiro atoms. The van der Waals surface area contributed by atoms with Gasteiger partial charge >= 0.3 is 6.09 Å². The number of imide groups is 4. The van der Waals surface area contributed by atoms with Crippen LogP contribution in [0.25, 0.3) is 0 Å². The van der Waals surface area contributed by atoms with Crippen LogP contribution in [0.2, 0.25) is 0 Å². The van der Waals surface area contributed by atoms with Crippen LogP contribution in [0.3, 0.4) is 0 Å². The van der Waals surface area contributed by atoms with Crippen molar-refractivity contribution in [3.63, 3.8) is 0 Å². The van der Waals surface area contributed by atoms with E-state index < -0.39 is 52.9 Å². The number of aryl methyl sites for hydroxylation is 1. The van der Waals surface area contributed by atoms with Gasteiger partial charge in [-0.05, 0) is 50.3 Å². The number of likely N-dealkylation sites (tertiary alicyclic amines) is 1. The summed E-state index contributed by atoms with van der Waals surface area (Å²) in [7, 11) is 1.11. The Balaban J connectivity index is 1.54. The first-order chi connectivity index (χ1) is 18.6. The number of ether oxygens (including phenoxy) is 1. The molecule has 3 fully saturated rings. The van der Waals surface area contributed by atoms with Crippen molar-refractivity contribution in [3.8, 4) is 5.75 Å². The first kappa shape index (κ1) is 25.0. The van der Waals surface area contributed by atoms with Crippen LogP contribution >= 0.6 is 0 Å². The maximum absolute atomic E-state index is 14.3. The summed E-state index contributed by atoms with van der Waals surface area (Å²) in [6.07, 6.45) is 1.20. The van der Waals surface area contributed by atoms with Crippen LogP contribution in [0.1, 0.15) is 36.8 Å². The molecule has 2 aromatic carbocycles. The van der Waals surface area contributed by atoms with Gasteiger partial charge in [0, 0.05) is 11.5 Å². The van der Waals surface area contributed by atoms with Gasteiger partial charge in [0.15, 0.2) is 0 Å².